The van der Waals surface area contributed by atoms with Crippen LogP contribution in [0.15, 0.2) is 12.3 Å². The van der Waals surface area contributed by atoms with E-state index in [1.807, 2.05) is 6.20 Å². The van der Waals surface area contributed by atoms with Crippen molar-refractivity contribution in [3.8, 4) is 0 Å². The predicted molar refractivity (Wildman–Crippen MR) is 50.6 cm³/mol. The summed E-state index contributed by atoms with van der Waals surface area (Å²) < 4.78 is 0. The molecular formula is C9H13N3. The lowest BCUT2D eigenvalue weighted by molar-refractivity contribution is 0.926. The Hall–Kier alpha value is -1.25. The normalized spacial score (nSPS) is 15.4. The van der Waals surface area contributed by atoms with Crippen LogP contribution in [0, 0.1) is 6.92 Å². The van der Waals surface area contributed by atoms with Gasteiger partial charge in [-0.2, -0.15) is 0 Å². The first-order valence-electron chi connectivity index (χ1n) is 4.30. The maximum Gasteiger partial charge on any atom is 0.149 e. The molecule has 1 aromatic heterocycles. The minimum absolute atomic E-state index is 0.984. The maximum atomic E-state index is 4.31. The van der Waals surface area contributed by atoms with Gasteiger partial charge in [-0.15, -0.1) is 0 Å². The molecule has 2 rings (SSSR count). The van der Waals surface area contributed by atoms with Gasteiger partial charge in [0.25, 0.3) is 0 Å². The molecule has 12 heavy (non-hydrogen) atoms. The van der Waals surface area contributed by atoms with E-state index in [0.29, 0.717) is 0 Å². The van der Waals surface area contributed by atoms with Crippen molar-refractivity contribution in [2.24, 2.45) is 0 Å². The van der Waals surface area contributed by atoms with Crippen molar-refractivity contribution in [2.75, 3.05) is 23.7 Å². The monoisotopic (exact) mass is 163 g/mol. The molecule has 1 aliphatic rings. The molecule has 0 amide bonds. The highest BCUT2D eigenvalue weighted by Crippen LogP contribution is 2.21. The van der Waals surface area contributed by atoms with Crippen molar-refractivity contribution in [1.29, 1.82) is 0 Å². The number of aromatic nitrogens is 1. The van der Waals surface area contributed by atoms with Gasteiger partial charge in [-0.1, -0.05) is 0 Å². The average molecular weight is 163 g/mol. The number of hydrogen-bond acceptors (Lipinski definition) is 3. The van der Waals surface area contributed by atoms with E-state index < -0.39 is 0 Å². The van der Waals surface area contributed by atoms with Crippen molar-refractivity contribution in [3.05, 3.63) is 17.8 Å². The molecule has 3 heteroatoms. The summed E-state index contributed by atoms with van der Waals surface area (Å²) in [7, 11) is 0. The Morgan fingerprint density at radius 3 is 3.08 bits per heavy atom. The highest BCUT2D eigenvalue weighted by atomic mass is 15.1. The highest BCUT2D eigenvalue weighted by Gasteiger charge is 2.06. The molecule has 0 saturated carbocycles. The Morgan fingerprint density at radius 1 is 1.33 bits per heavy atom. The van der Waals surface area contributed by atoms with Crippen molar-refractivity contribution in [2.45, 2.75) is 13.3 Å². The molecule has 0 aliphatic carbocycles. The van der Waals surface area contributed by atoms with Gasteiger partial charge in [-0.25, -0.2) is 4.98 Å². The number of aryl methyl sites for hydroxylation is 1. The number of nitrogens with zero attached hydrogens (tertiary/aromatic N) is 1. The molecule has 0 saturated heterocycles. The molecule has 0 bridgehead atoms. The largest absolute Gasteiger partial charge is 0.382 e. The van der Waals surface area contributed by atoms with Gasteiger partial charge in [0.2, 0.25) is 0 Å². The molecule has 0 fully saturated rings. The summed E-state index contributed by atoms with van der Waals surface area (Å²) in [6.45, 7) is 4.10. The fourth-order valence-electron chi connectivity index (χ4n) is 1.36. The molecule has 0 spiro atoms. The Bertz CT molecular complexity index is 283. The maximum absolute atomic E-state index is 4.31. The summed E-state index contributed by atoms with van der Waals surface area (Å²) in [5, 5.41) is 6.62. The van der Waals surface area contributed by atoms with Crippen LogP contribution in [0.1, 0.15) is 12.0 Å². The van der Waals surface area contributed by atoms with Crippen molar-refractivity contribution < 1.29 is 0 Å². The molecule has 1 aliphatic heterocycles. The lowest BCUT2D eigenvalue weighted by Crippen LogP contribution is -2.01. The summed E-state index contributed by atoms with van der Waals surface area (Å²) >= 11 is 0. The Kier molecular flexibility index (Phi) is 1.86. The average Bonchev–Trinajstić information content (AvgIpc) is 2.28. The highest BCUT2D eigenvalue weighted by molar-refractivity contribution is 5.65. The van der Waals surface area contributed by atoms with Crippen LogP contribution >= 0.6 is 0 Å². The topological polar surface area (TPSA) is 37.0 Å². The van der Waals surface area contributed by atoms with Gasteiger partial charge in [0, 0.05) is 19.3 Å². The van der Waals surface area contributed by atoms with Gasteiger partial charge in [0.1, 0.15) is 5.82 Å². The third-order valence-electron chi connectivity index (χ3n) is 1.99. The standard InChI is InChI=1S/C9H13N3/c1-7-5-8-9(12-6-7)11-4-2-3-10-8/h5-6,10H,2-4H2,1H3,(H,11,12). The van der Waals surface area contributed by atoms with E-state index in [0.717, 1.165) is 31.0 Å². The van der Waals surface area contributed by atoms with Crippen molar-refractivity contribution in [1.82, 2.24) is 4.98 Å². The molecular weight excluding hydrogens is 150 g/mol. The van der Waals surface area contributed by atoms with Crippen LogP contribution in [0.4, 0.5) is 11.5 Å². The predicted octanol–water partition coefficient (Wildman–Crippen LogP) is 1.62. The Labute approximate surface area is 72.2 Å². The van der Waals surface area contributed by atoms with Crippen LogP contribution in [0.5, 0.6) is 0 Å². The van der Waals surface area contributed by atoms with Crippen LogP contribution in [0.25, 0.3) is 0 Å². The van der Waals surface area contributed by atoms with Crippen LogP contribution in [0.3, 0.4) is 0 Å². The summed E-state index contributed by atoms with van der Waals surface area (Å²) in [6, 6.07) is 2.13. The molecule has 2 N–H and O–H groups in total. The van der Waals surface area contributed by atoms with Crippen LogP contribution < -0.4 is 10.6 Å². The van der Waals surface area contributed by atoms with Gasteiger partial charge in [-0.3, -0.25) is 0 Å². The first kappa shape index (κ1) is 7.40. The zero-order chi connectivity index (χ0) is 8.39. The summed E-state index contributed by atoms with van der Waals surface area (Å²) in [5.74, 6) is 0.984. The first-order chi connectivity index (χ1) is 5.86. The van der Waals surface area contributed by atoms with Crippen LogP contribution in [0.2, 0.25) is 0 Å². The second kappa shape index (κ2) is 3.01. The minimum atomic E-state index is 0.984. The van der Waals surface area contributed by atoms with E-state index in [2.05, 4.69) is 28.6 Å². The van der Waals surface area contributed by atoms with Gasteiger partial charge >= 0.3 is 0 Å². The SMILES string of the molecule is Cc1cnc2c(c1)NCCCN2. The molecule has 64 valence electrons. The molecule has 0 unspecified atom stereocenters. The van der Waals surface area contributed by atoms with E-state index in [1.54, 1.807) is 0 Å². The third-order valence-corrected chi connectivity index (χ3v) is 1.99. The van der Waals surface area contributed by atoms with Crippen LogP contribution in [-0.2, 0) is 0 Å². The smallest absolute Gasteiger partial charge is 0.149 e. The number of pyridine rings is 1. The van der Waals surface area contributed by atoms with Crippen LogP contribution in [-0.4, -0.2) is 18.1 Å². The number of nitrogens with one attached hydrogen (secondary N) is 2. The minimum Gasteiger partial charge on any atom is -0.382 e. The second-order valence-electron chi connectivity index (χ2n) is 3.12. The van der Waals surface area contributed by atoms with E-state index in [9.17, 15) is 0 Å². The van der Waals surface area contributed by atoms with Crippen molar-refractivity contribution >= 4 is 11.5 Å². The lowest BCUT2D eigenvalue weighted by atomic mass is 10.3. The Balaban J connectivity index is 2.36. The number of anilines is 2. The van der Waals surface area contributed by atoms with E-state index in [1.165, 1.54) is 5.56 Å². The fraction of sp³-hybridized carbons (Fsp3) is 0.444. The summed E-state index contributed by atoms with van der Waals surface area (Å²) in [4.78, 5) is 4.31. The molecule has 0 radical (unpaired) electrons. The Morgan fingerprint density at radius 2 is 2.17 bits per heavy atom. The number of fused-ring (bicyclic) bond motifs is 1. The van der Waals surface area contributed by atoms with E-state index >= 15 is 0 Å². The van der Waals surface area contributed by atoms with Gasteiger partial charge < -0.3 is 10.6 Å². The molecule has 3 nitrogen and oxygen atoms in total. The van der Waals surface area contributed by atoms with Gasteiger partial charge in [0.05, 0.1) is 5.69 Å². The fourth-order valence-corrected chi connectivity index (χ4v) is 1.36. The summed E-state index contributed by atoms with van der Waals surface area (Å²) in [5.41, 5.74) is 2.33. The molecule has 1 aromatic rings. The lowest BCUT2D eigenvalue weighted by Gasteiger charge is -2.06. The molecule has 0 atom stereocenters. The first-order valence-corrected chi connectivity index (χ1v) is 4.30. The number of rotatable bonds is 0. The zero-order valence-electron chi connectivity index (χ0n) is 7.22. The number of hydrogen-bond donors (Lipinski definition) is 2. The molecule has 2 heterocycles. The third kappa shape index (κ3) is 1.35. The van der Waals surface area contributed by atoms with E-state index in [4.69, 9.17) is 0 Å². The second-order valence-corrected chi connectivity index (χ2v) is 3.12. The summed E-state index contributed by atoms with van der Waals surface area (Å²) in [6.07, 6.45) is 3.04. The van der Waals surface area contributed by atoms with Crippen molar-refractivity contribution in [3.63, 3.8) is 0 Å². The van der Waals surface area contributed by atoms with Gasteiger partial charge in [-0.05, 0) is 25.0 Å². The van der Waals surface area contributed by atoms with Gasteiger partial charge in [0.15, 0.2) is 0 Å². The van der Waals surface area contributed by atoms with E-state index in [-0.39, 0.29) is 0 Å². The molecule has 0 aromatic carbocycles. The zero-order valence-corrected chi connectivity index (χ0v) is 7.22. The quantitative estimate of drug-likeness (QED) is 0.610.